The van der Waals surface area contributed by atoms with Crippen LogP contribution in [0, 0.1) is 0 Å². The first-order valence-corrected chi connectivity index (χ1v) is 6.12. The number of carboxylic acids is 1. The second-order valence-corrected chi connectivity index (χ2v) is 4.31. The molecule has 0 spiro atoms. The van der Waals surface area contributed by atoms with E-state index in [1.54, 1.807) is 13.0 Å². The second-order valence-electron chi connectivity index (χ2n) is 4.31. The van der Waals surface area contributed by atoms with Gasteiger partial charge in [-0.3, -0.25) is 0 Å². The maximum Gasteiger partial charge on any atom is 0.340 e. The highest BCUT2D eigenvalue weighted by atomic mass is 16.5. The molecule has 1 rings (SSSR count). The summed E-state index contributed by atoms with van der Waals surface area (Å²) in [5.41, 5.74) is 0.545. The number of hydrogen-bond donors (Lipinski definition) is 1. The van der Waals surface area contributed by atoms with Gasteiger partial charge >= 0.3 is 5.97 Å². The Bertz CT molecular complexity index is 408. The average Bonchev–Trinajstić information content (AvgIpc) is 2.38. The third-order valence-corrected chi connectivity index (χ3v) is 3.03. The smallest absolute Gasteiger partial charge is 0.340 e. The Labute approximate surface area is 108 Å². The van der Waals surface area contributed by atoms with Crippen molar-refractivity contribution in [3.63, 3.8) is 0 Å². The molecule has 1 N–H and O–H groups in total. The van der Waals surface area contributed by atoms with Crippen molar-refractivity contribution in [1.82, 2.24) is 0 Å². The molecule has 3 nitrogen and oxygen atoms in total. The number of carbonyl (C=O) groups is 1. The van der Waals surface area contributed by atoms with Gasteiger partial charge in [0.2, 0.25) is 0 Å². The second kappa shape index (κ2) is 6.36. The van der Waals surface area contributed by atoms with E-state index in [2.05, 4.69) is 13.5 Å². The van der Waals surface area contributed by atoms with Crippen LogP contribution in [0.2, 0.25) is 0 Å². The molecule has 1 aromatic carbocycles. The van der Waals surface area contributed by atoms with E-state index in [1.165, 1.54) is 5.56 Å². The summed E-state index contributed by atoms with van der Waals surface area (Å²) < 4.78 is 5.52. The fourth-order valence-electron chi connectivity index (χ4n) is 1.67. The number of aliphatic carboxylic acids is 1. The highest BCUT2D eigenvalue weighted by Crippen LogP contribution is 2.26. The van der Waals surface area contributed by atoms with Gasteiger partial charge in [0.05, 0.1) is 6.61 Å². The molecular formula is C15H20O3. The topological polar surface area (TPSA) is 46.5 Å². The predicted octanol–water partition coefficient (Wildman–Crippen LogP) is 3.14. The van der Waals surface area contributed by atoms with E-state index in [1.807, 2.05) is 24.3 Å². The van der Waals surface area contributed by atoms with Gasteiger partial charge < -0.3 is 9.84 Å². The molecule has 0 aliphatic heterocycles. The normalized spacial score (nSPS) is 13.9. The molecular weight excluding hydrogens is 228 g/mol. The minimum Gasteiger partial charge on any atom is -0.479 e. The van der Waals surface area contributed by atoms with Gasteiger partial charge in [-0.25, -0.2) is 4.79 Å². The van der Waals surface area contributed by atoms with E-state index < -0.39 is 11.6 Å². The Morgan fingerprint density at radius 1 is 1.44 bits per heavy atom. The average molecular weight is 248 g/mol. The van der Waals surface area contributed by atoms with E-state index in [9.17, 15) is 9.90 Å². The predicted molar refractivity (Wildman–Crippen MR) is 71.6 cm³/mol. The van der Waals surface area contributed by atoms with Gasteiger partial charge in [-0.15, -0.1) is 6.58 Å². The summed E-state index contributed by atoms with van der Waals surface area (Å²) in [4.78, 5) is 11.4. The molecule has 0 saturated heterocycles. The number of aryl methyl sites for hydroxylation is 1. The number of hydrogen-bond acceptors (Lipinski definition) is 2. The van der Waals surface area contributed by atoms with Crippen molar-refractivity contribution < 1.29 is 14.6 Å². The number of rotatable bonds is 7. The van der Waals surface area contributed by atoms with Crippen molar-refractivity contribution in [2.45, 2.75) is 32.3 Å². The van der Waals surface area contributed by atoms with Crippen molar-refractivity contribution in [2.24, 2.45) is 0 Å². The monoisotopic (exact) mass is 248 g/mol. The summed E-state index contributed by atoms with van der Waals surface area (Å²) in [6.45, 7) is 7.59. The van der Waals surface area contributed by atoms with E-state index >= 15 is 0 Å². The Morgan fingerprint density at radius 3 is 2.50 bits per heavy atom. The highest BCUT2D eigenvalue weighted by Gasteiger charge is 2.36. The molecule has 1 aromatic rings. The molecule has 18 heavy (non-hydrogen) atoms. The Kier molecular flexibility index (Phi) is 5.10. The molecule has 0 amide bonds. The zero-order valence-electron chi connectivity index (χ0n) is 11.0. The fraction of sp³-hybridized carbons (Fsp3) is 0.400. The molecule has 0 heterocycles. The van der Waals surface area contributed by atoms with Gasteiger partial charge in [-0.1, -0.05) is 37.3 Å². The lowest BCUT2D eigenvalue weighted by Gasteiger charge is -2.25. The summed E-state index contributed by atoms with van der Waals surface area (Å²) in [6, 6.07) is 7.52. The molecule has 0 saturated carbocycles. The van der Waals surface area contributed by atoms with Crippen LogP contribution in [0.25, 0.3) is 0 Å². The quantitative estimate of drug-likeness (QED) is 0.595. The molecule has 0 radical (unpaired) electrons. The lowest BCUT2D eigenvalue weighted by Crippen LogP contribution is -2.35. The van der Waals surface area contributed by atoms with Crippen LogP contribution >= 0.6 is 0 Å². The van der Waals surface area contributed by atoms with E-state index in [0.717, 1.165) is 6.42 Å². The fourth-order valence-corrected chi connectivity index (χ4v) is 1.67. The molecule has 1 atom stereocenters. The van der Waals surface area contributed by atoms with Crippen LogP contribution in [0.1, 0.15) is 31.4 Å². The summed E-state index contributed by atoms with van der Waals surface area (Å²) in [6.07, 6.45) is 3.28. The Balaban J connectivity index is 2.94. The van der Waals surface area contributed by atoms with Crippen LogP contribution in [0.15, 0.2) is 36.9 Å². The van der Waals surface area contributed by atoms with Crippen LogP contribution in [0.4, 0.5) is 0 Å². The van der Waals surface area contributed by atoms with E-state index in [4.69, 9.17) is 4.74 Å². The Hall–Kier alpha value is -1.61. The van der Waals surface area contributed by atoms with Crippen LogP contribution in [0.5, 0.6) is 0 Å². The number of benzene rings is 1. The van der Waals surface area contributed by atoms with Gasteiger partial charge in [0, 0.05) is 0 Å². The number of ether oxygens (including phenoxy) is 1. The highest BCUT2D eigenvalue weighted by molar-refractivity contribution is 5.79. The third-order valence-electron chi connectivity index (χ3n) is 3.03. The lowest BCUT2D eigenvalue weighted by atomic mass is 9.94. The third kappa shape index (κ3) is 3.20. The lowest BCUT2D eigenvalue weighted by molar-refractivity contribution is -0.165. The van der Waals surface area contributed by atoms with Crippen molar-refractivity contribution in [3.05, 3.63) is 48.0 Å². The van der Waals surface area contributed by atoms with Crippen LogP contribution in [-0.2, 0) is 21.6 Å². The standard InChI is InChI=1S/C15H20O3/c1-4-6-11-18-15(3,14(16)17)13-9-7-12(5-2)8-10-13/h4,7-10H,1,5-6,11H2,2-3H3,(H,16,17). The molecule has 0 fully saturated rings. The van der Waals surface area contributed by atoms with Gasteiger partial charge in [0.15, 0.2) is 5.60 Å². The van der Waals surface area contributed by atoms with Crippen molar-refractivity contribution in [3.8, 4) is 0 Å². The molecule has 0 aliphatic carbocycles. The van der Waals surface area contributed by atoms with Gasteiger partial charge in [0.1, 0.15) is 0 Å². The zero-order valence-corrected chi connectivity index (χ0v) is 11.0. The molecule has 98 valence electrons. The summed E-state index contributed by atoms with van der Waals surface area (Å²) in [7, 11) is 0. The maximum atomic E-state index is 11.4. The van der Waals surface area contributed by atoms with Crippen LogP contribution < -0.4 is 0 Å². The Morgan fingerprint density at radius 2 is 2.06 bits per heavy atom. The summed E-state index contributed by atoms with van der Waals surface area (Å²) in [5, 5.41) is 9.36. The van der Waals surface area contributed by atoms with E-state index in [0.29, 0.717) is 18.6 Å². The minimum atomic E-state index is -1.30. The summed E-state index contributed by atoms with van der Waals surface area (Å²) in [5.74, 6) is -0.976. The molecule has 0 bridgehead atoms. The largest absolute Gasteiger partial charge is 0.479 e. The van der Waals surface area contributed by atoms with Gasteiger partial charge in [-0.2, -0.15) is 0 Å². The van der Waals surface area contributed by atoms with Crippen LogP contribution in [-0.4, -0.2) is 17.7 Å². The van der Waals surface area contributed by atoms with E-state index in [-0.39, 0.29) is 0 Å². The molecule has 0 aromatic heterocycles. The molecule has 3 heteroatoms. The minimum absolute atomic E-state index is 0.349. The van der Waals surface area contributed by atoms with Crippen molar-refractivity contribution >= 4 is 5.97 Å². The SMILES string of the molecule is C=CCCOC(C)(C(=O)O)c1ccc(CC)cc1. The number of carboxylic acid groups (broad SMARTS) is 1. The van der Waals surface area contributed by atoms with Crippen molar-refractivity contribution in [1.29, 1.82) is 0 Å². The zero-order chi connectivity index (χ0) is 13.6. The van der Waals surface area contributed by atoms with Gasteiger partial charge in [-0.05, 0) is 30.9 Å². The van der Waals surface area contributed by atoms with Crippen molar-refractivity contribution in [2.75, 3.05) is 6.61 Å². The molecule has 0 aliphatic rings. The molecule has 1 unspecified atom stereocenters. The first-order chi connectivity index (χ1) is 8.54. The summed E-state index contributed by atoms with van der Waals surface area (Å²) >= 11 is 0. The first-order valence-electron chi connectivity index (χ1n) is 6.12. The van der Waals surface area contributed by atoms with Gasteiger partial charge in [0.25, 0.3) is 0 Å². The first kappa shape index (κ1) is 14.5. The maximum absolute atomic E-state index is 11.4. The van der Waals surface area contributed by atoms with Crippen LogP contribution in [0.3, 0.4) is 0 Å².